The molecule has 0 bridgehead atoms. The first kappa shape index (κ1) is 16.2. The van der Waals surface area contributed by atoms with Gasteiger partial charge >= 0.3 is 0 Å². The maximum Gasteiger partial charge on any atom is 0.150 e. The molecule has 1 aliphatic heterocycles. The third kappa shape index (κ3) is 4.71. The van der Waals surface area contributed by atoms with Crippen molar-refractivity contribution in [3.63, 3.8) is 0 Å². The molecule has 0 radical (unpaired) electrons. The smallest absolute Gasteiger partial charge is 0.150 e. The van der Waals surface area contributed by atoms with Crippen molar-refractivity contribution in [2.45, 2.75) is 75.2 Å². The van der Waals surface area contributed by atoms with E-state index in [-0.39, 0.29) is 17.3 Å². The molecule has 2 rings (SSSR count). The molecule has 20 heavy (non-hydrogen) atoms. The second kappa shape index (κ2) is 7.23. The molecule has 2 fully saturated rings. The van der Waals surface area contributed by atoms with Gasteiger partial charge < -0.3 is 9.84 Å². The fraction of sp³-hybridized carbons (Fsp3) is 1.00. The van der Waals surface area contributed by atoms with E-state index in [4.69, 9.17) is 4.74 Å². The van der Waals surface area contributed by atoms with E-state index in [1.54, 1.807) is 0 Å². The zero-order valence-corrected chi connectivity index (χ0v) is 13.3. The maximum absolute atomic E-state index is 11.7. The largest absolute Gasteiger partial charge is 0.393 e. The van der Waals surface area contributed by atoms with E-state index in [1.807, 2.05) is 0 Å². The summed E-state index contributed by atoms with van der Waals surface area (Å²) in [5, 5.41) is 10.1. The van der Waals surface area contributed by atoms with Crippen LogP contribution in [0.3, 0.4) is 0 Å². The number of aliphatic hydroxyl groups excluding tert-OH is 1. The molecule has 0 aromatic carbocycles. The highest BCUT2D eigenvalue weighted by atomic mass is 32.2. The first-order valence-corrected chi connectivity index (χ1v) is 9.91. The zero-order valence-electron chi connectivity index (χ0n) is 12.5. The van der Waals surface area contributed by atoms with E-state index in [2.05, 4.69) is 0 Å². The molecule has 4 atom stereocenters. The van der Waals surface area contributed by atoms with Crippen LogP contribution in [0, 0.1) is 5.92 Å². The summed E-state index contributed by atoms with van der Waals surface area (Å²) in [5.74, 6) is 0.145. The van der Waals surface area contributed by atoms with E-state index in [0.29, 0.717) is 12.5 Å². The predicted octanol–water partition coefficient (Wildman–Crippen LogP) is 2.30. The van der Waals surface area contributed by atoms with Crippen LogP contribution in [0.2, 0.25) is 0 Å². The number of aliphatic hydroxyl groups is 1. The quantitative estimate of drug-likeness (QED) is 0.846. The van der Waals surface area contributed by atoms with Crippen molar-refractivity contribution in [2.24, 2.45) is 5.92 Å². The average Bonchev–Trinajstić information content (AvgIpc) is 2.45. The van der Waals surface area contributed by atoms with Gasteiger partial charge in [0.25, 0.3) is 0 Å². The summed E-state index contributed by atoms with van der Waals surface area (Å²) in [7, 11) is -2.96. The molecule has 0 aromatic rings. The van der Waals surface area contributed by atoms with Gasteiger partial charge in [-0.25, -0.2) is 8.42 Å². The summed E-state index contributed by atoms with van der Waals surface area (Å²) >= 11 is 0. The summed E-state index contributed by atoms with van der Waals surface area (Å²) in [5.41, 5.74) is 0. The standard InChI is InChI=1S/C15H28O4S/c1-20(17,18)14-7-4-5-12(11-14)15(16)9-8-13-6-2-3-10-19-13/h12-16H,2-11H2,1H3. The molecule has 1 saturated carbocycles. The van der Waals surface area contributed by atoms with Crippen LogP contribution >= 0.6 is 0 Å². The number of hydrogen-bond acceptors (Lipinski definition) is 4. The van der Waals surface area contributed by atoms with Gasteiger partial charge in [-0.2, -0.15) is 0 Å². The Morgan fingerprint density at radius 2 is 2.00 bits per heavy atom. The van der Waals surface area contributed by atoms with E-state index < -0.39 is 9.84 Å². The Morgan fingerprint density at radius 3 is 2.65 bits per heavy atom. The molecule has 1 heterocycles. The lowest BCUT2D eigenvalue weighted by molar-refractivity contribution is -0.00540. The molecule has 4 unspecified atom stereocenters. The summed E-state index contributed by atoms with van der Waals surface area (Å²) in [6, 6.07) is 0. The third-order valence-electron chi connectivity index (χ3n) is 4.87. The Balaban J connectivity index is 1.78. The van der Waals surface area contributed by atoms with Crippen molar-refractivity contribution < 1.29 is 18.3 Å². The Labute approximate surface area is 122 Å². The summed E-state index contributed by atoms with van der Waals surface area (Å²) < 4.78 is 29.0. The maximum atomic E-state index is 11.7. The lowest BCUT2D eigenvalue weighted by Gasteiger charge is -2.32. The summed E-state index contributed by atoms with van der Waals surface area (Å²) in [6.45, 7) is 0.848. The van der Waals surface area contributed by atoms with Gasteiger partial charge in [0, 0.05) is 12.9 Å². The molecule has 1 aliphatic carbocycles. The molecular weight excluding hydrogens is 276 g/mol. The average molecular weight is 304 g/mol. The van der Waals surface area contributed by atoms with Gasteiger partial charge in [-0.15, -0.1) is 0 Å². The van der Waals surface area contributed by atoms with Gasteiger partial charge in [0.15, 0.2) is 0 Å². The second-order valence-corrected chi connectivity index (χ2v) is 8.84. The van der Waals surface area contributed by atoms with E-state index in [1.165, 1.54) is 12.7 Å². The van der Waals surface area contributed by atoms with Crippen molar-refractivity contribution in [3.8, 4) is 0 Å². The number of hydrogen-bond donors (Lipinski definition) is 1. The first-order valence-electron chi connectivity index (χ1n) is 7.95. The first-order chi connectivity index (χ1) is 9.47. The van der Waals surface area contributed by atoms with Gasteiger partial charge in [-0.1, -0.05) is 6.42 Å². The van der Waals surface area contributed by atoms with Crippen LogP contribution in [0.5, 0.6) is 0 Å². The molecule has 5 heteroatoms. The highest BCUT2D eigenvalue weighted by Crippen LogP contribution is 2.32. The van der Waals surface area contributed by atoms with Gasteiger partial charge in [0.05, 0.1) is 17.5 Å². The lowest BCUT2D eigenvalue weighted by atomic mass is 9.83. The summed E-state index contributed by atoms with van der Waals surface area (Å²) in [4.78, 5) is 0. The number of ether oxygens (including phenoxy) is 1. The van der Waals surface area contributed by atoms with Gasteiger partial charge in [0.1, 0.15) is 9.84 Å². The van der Waals surface area contributed by atoms with Crippen LogP contribution in [0.4, 0.5) is 0 Å². The number of rotatable bonds is 5. The van der Waals surface area contributed by atoms with Crippen molar-refractivity contribution in [3.05, 3.63) is 0 Å². The monoisotopic (exact) mass is 304 g/mol. The lowest BCUT2D eigenvalue weighted by Crippen LogP contribution is -2.33. The van der Waals surface area contributed by atoms with Crippen molar-refractivity contribution in [2.75, 3.05) is 12.9 Å². The second-order valence-electron chi connectivity index (χ2n) is 6.51. The molecule has 0 amide bonds. The Hall–Kier alpha value is -0.130. The SMILES string of the molecule is CS(=O)(=O)C1CCCC(C(O)CCC2CCCCO2)C1. The Bertz CT molecular complexity index is 387. The van der Waals surface area contributed by atoms with E-state index in [9.17, 15) is 13.5 Å². The zero-order chi connectivity index (χ0) is 14.6. The molecular formula is C15H28O4S. The Kier molecular flexibility index (Phi) is 5.87. The fourth-order valence-corrected chi connectivity index (χ4v) is 4.74. The van der Waals surface area contributed by atoms with Gasteiger partial charge in [-0.05, 0) is 57.3 Å². The third-order valence-corrected chi connectivity index (χ3v) is 6.51. The molecule has 0 spiro atoms. The van der Waals surface area contributed by atoms with Gasteiger partial charge in [0.2, 0.25) is 0 Å². The van der Waals surface area contributed by atoms with Crippen molar-refractivity contribution in [1.29, 1.82) is 0 Å². The van der Waals surface area contributed by atoms with Crippen LogP contribution in [-0.4, -0.2) is 43.8 Å². The van der Waals surface area contributed by atoms with Crippen LogP contribution in [-0.2, 0) is 14.6 Å². The van der Waals surface area contributed by atoms with E-state index in [0.717, 1.165) is 51.6 Å². The van der Waals surface area contributed by atoms with Crippen molar-refractivity contribution >= 4 is 9.84 Å². The molecule has 2 aliphatic rings. The van der Waals surface area contributed by atoms with Gasteiger partial charge in [-0.3, -0.25) is 0 Å². The van der Waals surface area contributed by atoms with Crippen LogP contribution in [0.1, 0.15) is 57.8 Å². The molecule has 4 nitrogen and oxygen atoms in total. The molecule has 1 saturated heterocycles. The van der Waals surface area contributed by atoms with Crippen LogP contribution in [0.15, 0.2) is 0 Å². The molecule has 0 aromatic heterocycles. The highest BCUT2D eigenvalue weighted by molar-refractivity contribution is 7.91. The van der Waals surface area contributed by atoms with Crippen molar-refractivity contribution in [1.82, 2.24) is 0 Å². The van der Waals surface area contributed by atoms with E-state index >= 15 is 0 Å². The number of sulfone groups is 1. The minimum atomic E-state index is -2.96. The minimum Gasteiger partial charge on any atom is -0.393 e. The highest BCUT2D eigenvalue weighted by Gasteiger charge is 2.32. The normalized spacial score (nSPS) is 33.8. The predicted molar refractivity (Wildman–Crippen MR) is 79.4 cm³/mol. The minimum absolute atomic E-state index is 0.145. The summed E-state index contributed by atoms with van der Waals surface area (Å²) in [6.07, 6.45) is 9.63. The fourth-order valence-electron chi connectivity index (χ4n) is 3.55. The topological polar surface area (TPSA) is 63.6 Å². The van der Waals surface area contributed by atoms with Crippen LogP contribution in [0.25, 0.3) is 0 Å². The molecule has 118 valence electrons. The molecule has 1 N–H and O–H groups in total. The Morgan fingerprint density at radius 1 is 1.20 bits per heavy atom. The van der Waals surface area contributed by atoms with Crippen LogP contribution < -0.4 is 0 Å².